The topological polar surface area (TPSA) is 30.7 Å². The standard InChI is InChI=1S/C11H12ClN3/c1-9(10-2-4-13-5-3-10)15-8-14-7-11(15)6-12/h2-5,7-9H,6H2,1H3. The quantitative estimate of drug-likeness (QED) is 0.746. The second-order valence-corrected chi connectivity index (χ2v) is 3.65. The first kappa shape index (κ1) is 10.2. The van der Waals surface area contributed by atoms with Crippen molar-refractivity contribution in [3.05, 3.63) is 48.3 Å². The highest BCUT2D eigenvalue weighted by molar-refractivity contribution is 6.16. The van der Waals surface area contributed by atoms with E-state index >= 15 is 0 Å². The zero-order chi connectivity index (χ0) is 10.7. The maximum Gasteiger partial charge on any atom is 0.0954 e. The molecule has 0 amide bonds. The number of halogens is 1. The third-order valence-corrected chi connectivity index (χ3v) is 2.76. The molecule has 0 fully saturated rings. The average molecular weight is 222 g/mol. The lowest BCUT2D eigenvalue weighted by molar-refractivity contribution is 0.619. The molecule has 1 atom stereocenters. The molecule has 4 heteroatoms. The molecule has 3 nitrogen and oxygen atoms in total. The fraction of sp³-hybridized carbons (Fsp3) is 0.273. The number of pyridine rings is 1. The zero-order valence-electron chi connectivity index (χ0n) is 8.47. The van der Waals surface area contributed by atoms with Gasteiger partial charge in [-0.2, -0.15) is 0 Å². The van der Waals surface area contributed by atoms with Crippen LogP contribution < -0.4 is 0 Å². The Hall–Kier alpha value is -1.35. The third-order valence-electron chi connectivity index (χ3n) is 2.49. The van der Waals surface area contributed by atoms with Gasteiger partial charge in [-0.3, -0.25) is 4.98 Å². The predicted octanol–water partition coefficient (Wildman–Crippen LogP) is 2.63. The van der Waals surface area contributed by atoms with E-state index in [2.05, 4.69) is 21.5 Å². The molecule has 0 aliphatic rings. The van der Waals surface area contributed by atoms with E-state index in [4.69, 9.17) is 11.6 Å². The highest BCUT2D eigenvalue weighted by Gasteiger charge is 2.10. The fourth-order valence-corrected chi connectivity index (χ4v) is 1.79. The predicted molar refractivity (Wildman–Crippen MR) is 59.8 cm³/mol. The average Bonchev–Trinajstić information content (AvgIpc) is 2.77. The van der Waals surface area contributed by atoms with Crippen molar-refractivity contribution in [2.45, 2.75) is 18.8 Å². The van der Waals surface area contributed by atoms with Crippen molar-refractivity contribution in [3.8, 4) is 0 Å². The van der Waals surface area contributed by atoms with Crippen LogP contribution in [0.4, 0.5) is 0 Å². The van der Waals surface area contributed by atoms with E-state index in [0.717, 1.165) is 5.69 Å². The second-order valence-electron chi connectivity index (χ2n) is 3.38. The molecule has 0 aliphatic carbocycles. The van der Waals surface area contributed by atoms with E-state index in [0.29, 0.717) is 5.88 Å². The van der Waals surface area contributed by atoms with Crippen molar-refractivity contribution in [3.63, 3.8) is 0 Å². The number of nitrogens with zero attached hydrogens (tertiary/aromatic N) is 3. The van der Waals surface area contributed by atoms with Gasteiger partial charge in [-0.05, 0) is 24.6 Å². The summed E-state index contributed by atoms with van der Waals surface area (Å²) in [5, 5.41) is 0. The molecule has 2 aromatic rings. The number of hydrogen-bond donors (Lipinski definition) is 0. The van der Waals surface area contributed by atoms with Gasteiger partial charge in [0.25, 0.3) is 0 Å². The van der Waals surface area contributed by atoms with Gasteiger partial charge in [0.05, 0.1) is 23.9 Å². The minimum Gasteiger partial charge on any atom is -0.326 e. The Bertz CT molecular complexity index is 424. The van der Waals surface area contributed by atoms with Crippen LogP contribution in [0.5, 0.6) is 0 Å². The van der Waals surface area contributed by atoms with Crippen LogP contribution in [0.1, 0.15) is 24.2 Å². The van der Waals surface area contributed by atoms with Gasteiger partial charge in [0, 0.05) is 18.6 Å². The molecular weight excluding hydrogens is 210 g/mol. The van der Waals surface area contributed by atoms with Gasteiger partial charge in [-0.1, -0.05) is 0 Å². The third kappa shape index (κ3) is 2.02. The van der Waals surface area contributed by atoms with Gasteiger partial charge in [0.2, 0.25) is 0 Å². The molecule has 0 bridgehead atoms. The largest absolute Gasteiger partial charge is 0.326 e. The SMILES string of the molecule is CC(c1ccncc1)n1cncc1CCl. The monoisotopic (exact) mass is 221 g/mol. The summed E-state index contributed by atoms with van der Waals surface area (Å²) >= 11 is 5.83. The lowest BCUT2D eigenvalue weighted by Crippen LogP contribution is -2.08. The Balaban J connectivity index is 2.32. The zero-order valence-corrected chi connectivity index (χ0v) is 9.22. The molecule has 15 heavy (non-hydrogen) atoms. The minimum absolute atomic E-state index is 0.240. The lowest BCUT2D eigenvalue weighted by Gasteiger charge is -2.15. The van der Waals surface area contributed by atoms with Gasteiger partial charge >= 0.3 is 0 Å². The summed E-state index contributed by atoms with van der Waals surface area (Å²) in [4.78, 5) is 8.10. The van der Waals surface area contributed by atoms with Gasteiger partial charge in [0.15, 0.2) is 0 Å². The molecule has 0 aromatic carbocycles. The van der Waals surface area contributed by atoms with Crippen LogP contribution in [-0.4, -0.2) is 14.5 Å². The van der Waals surface area contributed by atoms with E-state index in [1.165, 1.54) is 5.56 Å². The van der Waals surface area contributed by atoms with Crippen molar-refractivity contribution in [2.75, 3.05) is 0 Å². The molecule has 2 rings (SSSR count). The fourth-order valence-electron chi connectivity index (χ4n) is 1.59. The molecule has 0 saturated carbocycles. The van der Waals surface area contributed by atoms with Crippen molar-refractivity contribution in [2.24, 2.45) is 0 Å². The van der Waals surface area contributed by atoms with Crippen LogP contribution in [0.2, 0.25) is 0 Å². The number of hydrogen-bond acceptors (Lipinski definition) is 2. The van der Waals surface area contributed by atoms with Gasteiger partial charge < -0.3 is 4.57 Å². The Morgan fingerprint density at radius 1 is 1.33 bits per heavy atom. The van der Waals surface area contributed by atoms with E-state index in [1.54, 1.807) is 18.6 Å². The molecule has 0 N–H and O–H groups in total. The Morgan fingerprint density at radius 3 is 2.73 bits per heavy atom. The smallest absolute Gasteiger partial charge is 0.0954 e. The summed E-state index contributed by atoms with van der Waals surface area (Å²) in [6.45, 7) is 2.12. The first-order valence-electron chi connectivity index (χ1n) is 4.79. The van der Waals surface area contributed by atoms with Crippen molar-refractivity contribution in [1.29, 1.82) is 0 Å². The van der Waals surface area contributed by atoms with Gasteiger partial charge in [0.1, 0.15) is 0 Å². The number of alkyl halides is 1. The van der Waals surface area contributed by atoms with Crippen LogP contribution in [0.25, 0.3) is 0 Å². The molecule has 2 heterocycles. The molecule has 0 radical (unpaired) electrons. The highest BCUT2D eigenvalue weighted by Crippen LogP contribution is 2.19. The first-order chi connectivity index (χ1) is 7.33. The molecular formula is C11H12ClN3. The van der Waals surface area contributed by atoms with Crippen LogP contribution >= 0.6 is 11.6 Å². The van der Waals surface area contributed by atoms with E-state index in [9.17, 15) is 0 Å². The maximum atomic E-state index is 5.83. The summed E-state index contributed by atoms with van der Waals surface area (Å²) in [6.07, 6.45) is 7.19. The van der Waals surface area contributed by atoms with Crippen LogP contribution in [0.3, 0.4) is 0 Å². The highest BCUT2D eigenvalue weighted by atomic mass is 35.5. The number of rotatable bonds is 3. The summed E-state index contributed by atoms with van der Waals surface area (Å²) in [5.41, 5.74) is 2.23. The number of imidazole rings is 1. The minimum atomic E-state index is 0.240. The summed E-state index contributed by atoms with van der Waals surface area (Å²) < 4.78 is 2.07. The molecule has 0 aliphatic heterocycles. The van der Waals surface area contributed by atoms with Gasteiger partial charge in [-0.15, -0.1) is 11.6 Å². The second kappa shape index (κ2) is 4.45. The van der Waals surface area contributed by atoms with Crippen LogP contribution in [0, 0.1) is 0 Å². The van der Waals surface area contributed by atoms with Crippen molar-refractivity contribution >= 4 is 11.6 Å². The maximum absolute atomic E-state index is 5.83. The van der Waals surface area contributed by atoms with Crippen molar-refractivity contribution in [1.82, 2.24) is 14.5 Å². The Labute approximate surface area is 93.7 Å². The Kier molecular flexibility index (Phi) is 3.02. The van der Waals surface area contributed by atoms with Crippen LogP contribution in [0.15, 0.2) is 37.1 Å². The lowest BCUT2D eigenvalue weighted by atomic mass is 10.1. The first-order valence-corrected chi connectivity index (χ1v) is 5.33. The molecule has 0 saturated heterocycles. The normalized spacial score (nSPS) is 12.7. The summed E-state index contributed by atoms with van der Waals surface area (Å²) in [6, 6.07) is 4.25. The number of aromatic nitrogens is 3. The van der Waals surface area contributed by atoms with Gasteiger partial charge in [-0.25, -0.2) is 4.98 Å². The van der Waals surface area contributed by atoms with E-state index in [-0.39, 0.29) is 6.04 Å². The summed E-state index contributed by atoms with van der Waals surface area (Å²) in [5.74, 6) is 0.482. The van der Waals surface area contributed by atoms with E-state index < -0.39 is 0 Å². The van der Waals surface area contributed by atoms with E-state index in [1.807, 2.05) is 18.5 Å². The molecule has 2 aromatic heterocycles. The Morgan fingerprint density at radius 2 is 2.07 bits per heavy atom. The molecule has 0 spiro atoms. The van der Waals surface area contributed by atoms with Crippen molar-refractivity contribution < 1.29 is 0 Å². The summed E-state index contributed by atoms with van der Waals surface area (Å²) in [7, 11) is 0. The molecule has 1 unspecified atom stereocenters. The molecule has 78 valence electrons. The van der Waals surface area contributed by atoms with Crippen LogP contribution in [-0.2, 0) is 5.88 Å².